The lowest BCUT2D eigenvalue weighted by atomic mass is 9.23. The summed E-state index contributed by atoms with van der Waals surface area (Å²) in [6.45, 7) is 13.1. The Morgan fingerprint density at radius 1 is 1.32 bits per heavy atom. The zero-order valence-corrected chi connectivity index (χ0v) is 17.6. The fourth-order valence-electron chi connectivity index (χ4n) is 10.5. The Bertz CT molecular complexity index is 765. The van der Waals surface area contributed by atoms with Gasteiger partial charge >= 0.3 is 5.97 Å². The minimum absolute atomic E-state index is 0.0798. The van der Waals surface area contributed by atoms with Crippen LogP contribution in [0.5, 0.6) is 0 Å². The highest BCUT2D eigenvalue weighted by molar-refractivity contribution is 5.67. The molecule has 4 nitrogen and oxygen atoms in total. The van der Waals surface area contributed by atoms with Crippen LogP contribution in [0.1, 0.15) is 59.3 Å². The quantitative estimate of drug-likeness (QED) is 0.585. The summed E-state index contributed by atoms with van der Waals surface area (Å²) in [7, 11) is 0. The molecule has 1 aliphatic heterocycles. The minimum Gasteiger partial charge on any atom is -0.457 e. The molecule has 28 heavy (non-hydrogen) atoms. The molecule has 0 amide bonds. The maximum atomic E-state index is 12.0. The lowest BCUT2D eigenvalue weighted by Crippen LogP contribution is -2.88. The van der Waals surface area contributed by atoms with Crippen LogP contribution in [0.2, 0.25) is 0 Å². The Balaban J connectivity index is 1.52. The summed E-state index contributed by atoms with van der Waals surface area (Å²) < 4.78 is 5.99. The SMILES string of the molecule is C=C1C2CCC3(CC4C5N(CC)CC6(C)CCCC5(C46)C3C2O)C1OC(C)=O. The minimum atomic E-state index is -0.307. The van der Waals surface area contributed by atoms with Gasteiger partial charge < -0.3 is 9.84 Å². The van der Waals surface area contributed by atoms with E-state index < -0.39 is 0 Å². The molecule has 0 aromatic rings. The van der Waals surface area contributed by atoms with Crippen molar-refractivity contribution in [3.05, 3.63) is 12.2 Å². The molecule has 1 heterocycles. The van der Waals surface area contributed by atoms with E-state index in [0.717, 1.165) is 37.3 Å². The Hall–Kier alpha value is -0.870. The number of hydrogen-bond donors (Lipinski definition) is 1. The summed E-state index contributed by atoms with van der Waals surface area (Å²) in [6.07, 6.45) is 6.61. The highest BCUT2D eigenvalue weighted by atomic mass is 16.5. The second kappa shape index (κ2) is 5.24. The Morgan fingerprint density at radius 3 is 2.82 bits per heavy atom. The van der Waals surface area contributed by atoms with Crippen LogP contribution in [-0.4, -0.2) is 47.3 Å². The third-order valence-corrected chi connectivity index (χ3v) is 10.5. The fourth-order valence-corrected chi connectivity index (χ4v) is 10.5. The second-order valence-electron chi connectivity index (χ2n) is 11.4. The molecule has 1 saturated heterocycles. The fraction of sp³-hybridized carbons (Fsp3) is 0.875. The number of aliphatic hydroxyl groups is 1. The molecule has 0 aromatic carbocycles. The first kappa shape index (κ1) is 17.9. The average molecular weight is 386 g/mol. The van der Waals surface area contributed by atoms with Crippen LogP contribution in [0.4, 0.5) is 0 Å². The molecule has 8 rings (SSSR count). The number of ether oxygens (including phenoxy) is 1. The molecule has 7 aliphatic carbocycles. The second-order valence-corrected chi connectivity index (χ2v) is 11.4. The van der Waals surface area contributed by atoms with Gasteiger partial charge in [-0.2, -0.15) is 0 Å². The van der Waals surface area contributed by atoms with E-state index in [1.165, 1.54) is 32.7 Å². The zero-order valence-electron chi connectivity index (χ0n) is 17.6. The van der Waals surface area contributed by atoms with Gasteiger partial charge in [0.25, 0.3) is 0 Å². The van der Waals surface area contributed by atoms with Crippen LogP contribution in [0.3, 0.4) is 0 Å². The molecule has 8 aliphatic rings. The first-order valence-electron chi connectivity index (χ1n) is 11.6. The standard InChI is InChI=1S/C24H35NO3/c1-5-25-12-22(4)8-6-9-24-18(22)16(20(24)25)11-23-10-7-15(17(27)19(23)24)13(2)21(23)28-14(3)26/h15-21,27H,2,5-12H2,1,3-4H3. The van der Waals surface area contributed by atoms with Crippen molar-refractivity contribution < 1.29 is 14.6 Å². The summed E-state index contributed by atoms with van der Waals surface area (Å²) in [5, 5.41) is 11.7. The van der Waals surface area contributed by atoms with Gasteiger partial charge in [-0.15, -0.1) is 0 Å². The Morgan fingerprint density at radius 2 is 2.11 bits per heavy atom. The number of rotatable bonds is 2. The van der Waals surface area contributed by atoms with Crippen molar-refractivity contribution in [1.82, 2.24) is 4.90 Å². The van der Waals surface area contributed by atoms with E-state index in [9.17, 15) is 9.90 Å². The maximum absolute atomic E-state index is 12.0. The first-order valence-corrected chi connectivity index (χ1v) is 11.6. The van der Waals surface area contributed by atoms with Crippen LogP contribution in [0, 0.1) is 39.9 Å². The third kappa shape index (κ3) is 1.69. The van der Waals surface area contributed by atoms with Crippen LogP contribution in [0.15, 0.2) is 12.2 Å². The van der Waals surface area contributed by atoms with Crippen LogP contribution in [-0.2, 0) is 9.53 Å². The van der Waals surface area contributed by atoms with Crippen molar-refractivity contribution in [3.63, 3.8) is 0 Å². The average Bonchev–Trinajstić information content (AvgIpc) is 2.63. The molecular formula is C24H35NO3. The number of nitrogens with zero attached hydrogens (tertiary/aromatic N) is 1. The predicted molar refractivity (Wildman–Crippen MR) is 106 cm³/mol. The van der Waals surface area contributed by atoms with Crippen LogP contribution in [0.25, 0.3) is 0 Å². The van der Waals surface area contributed by atoms with E-state index in [-0.39, 0.29) is 40.8 Å². The maximum Gasteiger partial charge on any atom is 0.303 e. The van der Waals surface area contributed by atoms with Gasteiger partial charge in [0.05, 0.1) is 6.10 Å². The van der Waals surface area contributed by atoms with Gasteiger partial charge in [-0.3, -0.25) is 9.69 Å². The number of hydrogen-bond acceptors (Lipinski definition) is 4. The summed E-state index contributed by atoms with van der Waals surface area (Å²) in [5.41, 5.74) is 1.53. The van der Waals surface area contributed by atoms with E-state index in [4.69, 9.17) is 4.74 Å². The largest absolute Gasteiger partial charge is 0.457 e. The van der Waals surface area contributed by atoms with Gasteiger partial charge in [0, 0.05) is 36.8 Å². The number of carbonyl (C=O) groups excluding carboxylic acids is 1. The molecule has 1 N–H and O–H groups in total. The molecule has 0 aromatic heterocycles. The number of fused-ring (bicyclic) bond motifs is 2. The molecule has 0 radical (unpaired) electrons. The van der Waals surface area contributed by atoms with E-state index >= 15 is 0 Å². The van der Waals surface area contributed by atoms with Gasteiger partial charge in [0.1, 0.15) is 6.10 Å². The van der Waals surface area contributed by atoms with Crippen LogP contribution >= 0.6 is 0 Å². The van der Waals surface area contributed by atoms with Crippen molar-refractivity contribution >= 4 is 5.97 Å². The smallest absolute Gasteiger partial charge is 0.303 e. The number of piperidine rings is 2. The van der Waals surface area contributed by atoms with E-state index in [1.807, 2.05) is 0 Å². The van der Waals surface area contributed by atoms with E-state index in [0.29, 0.717) is 17.4 Å². The summed E-state index contributed by atoms with van der Waals surface area (Å²) in [4.78, 5) is 14.8. The van der Waals surface area contributed by atoms with Gasteiger partial charge in [-0.1, -0.05) is 26.8 Å². The molecule has 6 bridgehead atoms. The van der Waals surface area contributed by atoms with Gasteiger partial charge in [0.2, 0.25) is 0 Å². The molecular weight excluding hydrogens is 350 g/mol. The van der Waals surface area contributed by atoms with Crippen LogP contribution < -0.4 is 0 Å². The number of likely N-dealkylation sites (tertiary alicyclic amines) is 1. The summed E-state index contributed by atoms with van der Waals surface area (Å²) in [6, 6.07) is 0.631. The lowest BCUT2D eigenvalue weighted by molar-refractivity contribution is -0.382. The summed E-state index contributed by atoms with van der Waals surface area (Å²) >= 11 is 0. The molecule has 8 fully saturated rings. The number of carbonyl (C=O) groups is 1. The molecule has 4 heteroatoms. The predicted octanol–water partition coefficient (Wildman–Crippen LogP) is 3.39. The molecule has 10 unspecified atom stereocenters. The molecule has 7 saturated carbocycles. The van der Waals surface area contributed by atoms with E-state index in [1.54, 1.807) is 0 Å². The van der Waals surface area contributed by atoms with Crippen molar-refractivity contribution in [3.8, 4) is 0 Å². The van der Waals surface area contributed by atoms with Gasteiger partial charge in [0.15, 0.2) is 0 Å². The van der Waals surface area contributed by atoms with Gasteiger partial charge in [-0.25, -0.2) is 0 Å². The van der Waals surface area contributed by atoms with Crippen molar-refractivity contribution in [2.75, 3.05) is 13.1 Å². The third-order valence-electron chi connectivity index (χ3n) is 10.5. The zero-order chi connectivity index (χ0) is 19.6. The van der Waals surface area contributed by atoms with Gasteiger partial charge in [-0.05, 0) is 66.9 Å². The highest BCUT2D eigenvalue weighted by Crippen LogP contribution is 2.83. The van der Waals surface area contributed by atoms with Crippen molar-refractivity contribution in [1.29, 1.82) is 0 Å². The number of esters is 1. The molecule has 10 atom stereocenters. The topological polar surface area (TPSA) is 49.8 Å². The Labute approximate surface area is 168 Å². The van der Waals surface area contributed by atoms with Crippen molar-refractivity contribution in [2.45, 2.75) is 77.5 Å². The molecule has 154 valence electrons. The lowest BCUT2D eigenvalue weighted by Gasteiger charge is -2.86. The van der Waals surface area contributed by atoms with E-state index in [2.05, 4.69) is 25.3 Å². The molecule has 2 spiro atoms. The Kier molecular flexibility index (Phi) is 3.36. The van der Waals surface area contributed by atoms with Crippen molar-refractivity contribution in [2.24, 2.45) is 39.9 Å². The number of aliphatic hydroxyl groups excluding tert-OH is 1. The highest BCUT2D eigenvalue weighted by Gasteiger charge is 2.84. The summed E-state index contributed by atoms with van der Waals surface area (Å²) in [5.74, 6) is 1.62. The normalized spacial score (nSPS) is 58.7. The first-order chi connectivity index (χ1) is 13.3. The monoisotopic (exact) mass is 385 g/mol.